The van der Waals surface area contributed by atoms with Crippen LogP contribution in [0, 0.1) is 6.92 Å². The quantitative estimate of drug-likeness (QED) is 0.651. The summed E-state index contributed by atoms with van der Waals surface area (Å²) >= 11 is 0. The molecule has 0 saturated carbocycles. The van der Waals surface area contributed by atoms with Crippen LogP contribution in [0.15, 0.2) is 47.6 Å². The summed E-state index contributed by atoms with van der Waals surface area (Å²) in [4.78, 5) is 4.54. The monoisotopic (exact) mass is 360 g/mol. The molecule has 0 saturated heterocycles. The number of sulfonamides is 1. The van der Waals surface area contributed by atoms with Crippen molar-refractivity contribution >= 4 is 15.7 Å². The van der Waals surface area contributed by atoms with E-state index in [4.69, 9.17) is 4.74 Å². The van der Waals surface area contributed by atoms with Crippen molar-refractivity contribution in [3.8, 4) is 5.75 Å². The third-order valence-electron chi connectivity index (χ3n) is 3.77. The first-order valence-electron chi connectivity index (χ1n) is 7.92. The zero-order valence-corrected chi connectivity index (χ0v) is 15.0. The fourth-order valence-electron chi connectivity index (χ4n) is 2.51. The number of hydrogen-bond acceptors (Lipinski definition) is 5. The first kappa shape index (κ1) is 17.4. The molecule has 8 heteroatoms. The predicted molar refractivity (Wildman–Crippen MR) is 94.2 cm³/mol. The third-order valence-corrected chi connectivity index (χ3v) is 5.23. The SMILES string of the molecule is COc1cccc(S(=O)(=O)NCCCc2cnc3cc(C)nn3c2)c1. The molecule has 2 heterocycles. The van der Waals surface area contributed by atoms with Gasteiger partial charge in [-0.15, -0.1) is 0 Å². The van der Waals surface area contributed by atoms with Crippen LogP contribution >= 0.6 is 0 Å². The first-order valence-corrected chi connectivity index (χ1v) is 9.41. The van der Waals surface area contributed by atoms with Crippen LogP contribution in [0.1, 0.15) is 17.7 Å². The lowest BCUT2D eigenvalue weighted by molar-refractivity contribution is 0.413. The van der Waals surface area contributed by atoms with Crippen LogP contribution in [-0.4, -0.2) is 36.7 Å². The Morgan fingerprint density at radius 3 is 2.92 bits per heavy atom. The van der Waals surface area contributed by atoms with Gasteiger partial charge in [0, 0.05) is 31.1 Å². The summed E-state index contributed by atoms with van der Waals surface area (Å²) < 4.78 is 34.0. The molecule has 0 atom stereocenters. The van der Waals surface area contributed by atoms with Crippen molar-refractivity contribution in [1.29, 1.82) is 0 Å². The molecular weight excluding hydrogens is 340 g/mol. The van der Waals surface area contributed by atoms with E-state index in [0.717, 1.165) is 16.9 Å². The topological polar surface area (TPSA) is 85.6 Å². The molecule has 0 unspecified atom stereocenters. The number of fused-ring (bicyclic) bond motifs is 1. The number of rotatable bonds is 7. The number of benzene rings is 1. The van der Waals surface area contributed by atoms with Crippen molar-refractivity contribution in [2.24, 2.45) is 0 Å². The van der Waals surface area contributed by atoms with Crippen molar-refractivity contribution < 1.29 is 13.2 Å². The van der Waals surface area contributed by atoms with Crippen molar-refractivity contribution in [2.45, 2.75) is 24.7 Å². The van der Waals surface area contributed by atoms with Crippen LogP contribution in [0.3, 0.4) is 0 Å². The van der Waals surface area contributed by atoms with E-state index >= 15 is 0 Å². The number of ether oxygens (including phenoxy) is 1. The Labute approximate surface area is 146 Å². The number of aromatic nitrogens is 3. The Hall–Kier alpha value is -2.45. The number of nitrogens with one attached hydrogen (secondary N) is 1. The summed E-state index contributed by atoms with van der Waals surface area (Å²) in [6.45, 7) is 2.26. The van der Waals surface area contributed by atoms with Crippen LogP contribution in [0.25, 0.3) is 5.65 Å². The van der Waals surface area contributed by atoms with Gasteiger partial charge in [0.1, 0.15) is 5.75 Å². The number of hydrogen-bond donors (Lipinski definition) is 1. The summed E-state index contributed by atoms with van der Waals surface area (Å²) in [5.74, 6) is 0.511. The highest BCUT2D eigenvalue weighted by molar-refractivity contribution is 7.89. The Morgan fingerprint density at radius 2 is 2.12 bits per heavy atom. The van der Waals surface area contributed by atoms with Crippen molar-refractivity contribution in [1.82, 2.24) is 19.3 Å². The van der Waals surface area contributed by atoms with Crippen LogP contribution < -0.4 is 9.46 Å². The van der Waals surface area contributed by atoms with Crippen LogP contribution in [0.2, 0.25) is 0 Å². The molecule has 0 aliphatic heterocycles. The molecule has 0 amide bonds. The van der Waals surface area contributed by atoms with E-state index in [1.54, 1.807) is 28.9 Å². The first-order chi connectivity index (χ1) is 12.0. The molecule has 0 spiro atoms. The van der Waals surface area contributed by atoms with E-state index in [1.807, 2.05) is 19.2 Å². The molecular formula is C17H20N4O3S. The van der Waals surface area contributed by atoms with E-state index in [2.05, 4.69) is 14.8 Å². The standard InChI is InChI=1S/C17H20N4O3S/c1-13-9-17-18-11-14(12-21(17)20-13)5-4-8-19-25(22,23)16-7-3-6-15(10-16)24-2/h3,6-7,9-12,19H,4-5,8H2,1-2H3. The minimum Gasteiger partial charge on any atom is -0.497 e. The van der Waals surface area contributed by atoms with Gasteiger partial charge in [-0.1, -0.05) is 6.07 Å². The molecule has 1 N–H and O–H groups in total. The highest BCUT2D eigenvalue weighted by Gasteiger charge is 2.14. The lowest BCUT2D eigenvalue weighted by Crippen LogP contribution is -2.25. The van der Waals surface area contributed by atoms with Gasteiger partial charge in [-0.25, -0.2) is 22.6 Å². The highest BCUT2D eigenvalue weighted by atomic mass is 32.2. The Kier molecular flexibility index (Phi) is 5.00. The van der Waals surface area contributed by atoms with Gasteiger partial charge in [-0.3, -0.25) is 0 Å². The Balaban J connectivity index is 1.57. The second-order valence-electron chi connectivity index (χ2n) is 5.73. The molecule has 0 aliphatic carbocycles. The molecule has 0 fully saturated rings. The number of aryl methyl sites for hydroxylation is 2. The van der Waals surface area contributed by atoms with Crippen molar-refractivity contribution in [3.05, 3.63) is 54.0 Å². The van der Waals surface area contributed by atoms with Gasteiger partial charge in [0.15, 0.2) is 5.65 Å². The molecule has 2 aromatic heterocycles. The Morgan fingerprint density at radius 1 is 1.28 bits per heavy atom. The molecule has 0 aliphatic rings. The predicted octanol–water partition coefficient (Wildman–Crippen LogP) is 1.96. The van der Waals surface area contributed by atoms with Crippen LogP contribution in [-0.2, 0) is 16.4 Å². The summed E-state index contributed by atoms with van der Waals surface area (Å²) in [5, 5.41) is 4.33. The van der Waals surface area contributed by atoms with E-state index in [-0.39, 0.29) is 4.90 Å². The Bertz CT molecular complexity index is 982. The lowest BCUT2D eigenvalue weighted by Gasteiger charge is -2.08. The molecule has 1 aromatic carbocycles. The van der Waals surface area contributed by atoms with E-state index < -0.39 is 10.0 Å². The molecule has 132 valence electrons. The minimum atomic E-state index is -3.54. The molecule has 0 radical (unpaired) electrons. The fraction of sp³-hybridized carbons (Fsp3) is 0.294. The number of methoxy groups -OCH3 is 1. The van der Waals surface area contributed by atoms with Crippen LogP contribution in [0.4, 0.5) is 0 Å². The van der Waals surface area contributed by atoms with E-state index in [1.165, 1.54) is 13.2 Å². The van der Waals surface area contributed by atoms with Gasteiger partial charge in [0.25, 0.3) is 0 Å². The minimum absolute atomic E-state index is 0.196. The number of nitrogens with zero attached hydrogens (tertiary/aromatic N) is 3. The maximum atomic E-state index is 12.3. The second-order valence-corrected chi connectivity index (χ2v) is 7.50. The maximum absolute atomic E-state index is 12.3. The second kappa shape index (κ2) is 7.20. The summed E-state index contributed by atoms with van der Waals surface area (Å²) in [5.41, 5.74) is 2.73. The van der Waals surface area contributed by atoms with Gasteiger partial charge < -0.3 is 4.74 Å². The third kappa shape index (κ3) is 4.15. The average molecular weight is 360 g/mol. The summed E-state index contributed by atoms with van der Waals surface area (Å²) in [6.07, 6.45) is 5.10. The van der Waals surface area contributed by atoms with Gasteiger partial charge in [0.05, 0.1) is 17.7 Å². The molecule has 0 bridgehead atoms. The molecule has 3 rings (SSSR count). The van der Waals surface area contributed by atoms with E-state index in [0.29, 0.717) is 25.1 Å². The fourth-order valence-corrected chi connectivity index (χ4v) is 3.62. The zero-order valence-electron chi connectivity index (χ0n) is 14.1. The van der Waals surface area contributed by atoms with Gasteiger partial charge in [0.2, 0.25) is 10.0 Å². The maximum Gasteiger partial charge on any atom is 0.240 e. The summed E-state index contributed by atoms with van der Waals surface area (Å²) in [6, 6.07) is 8.31. The zero-order chi connectivity index (χ0) is 17.9. The van der Waals surface area contributed by atoms with Crippen molar-refractivity contribution in [3.63, 3.8) is 0 Å². The smallest absolute Gasteiger partial charge is 0.240 e. The average Bonchev–Trinajstić information content (AvgIpc) is 2.98. The largest absolute Gasteiger partial charge is 0.497 e. The summed E-state index contributed by atoms with van der Waals surface area (Å²) in [7, 11) is -2.04. The molecule has 25 heavy (non-hydrogen) atoms. The van der Waals surface area contributed by atoms with Gasteiger partial charge >= 0.3 is 0 Å². The van der Waals surface area contributed by atoms with E-state index in [9.17, 15) is 8.42 Å². The van der Waals surface area contributed by atoms with Crippen molar-refractivity contribution in [2.75, 3.05) is 13.7 Å². The normalized spacial score (nSPS) is 11.8. The lowest BCUT2D eigenvalue weighted by atomic mass is 10.2. The van der Waals surface area contributed by atoms with Crippen LogP contribution in [0.5, 0.6) is 5.75 Å². The molecule has 7 nitrogen and oxygen atoms in total. The molecule has 3 aromatic rings. The van der Waals surface area contributed by atoms with Gasteiger partial charge in [-0.2, -0.15) is 5.10 Å². The van der Waals surface area contributed by atoms with Gasteiger partial charge in [-0.05, 0) is 37.5 Å². The highest BCUT2D eigenvalue weighted by Crippen LogP contribution is 2.16.